The third-order valence-corrected chi connectivity index (χ3v) is 4.23. The van der Waals surface area contributed by atoms with Gasteiger partial charge in [-0.25, -0.2) is 0 Å². The van der Waals surface area contributed by atoms with Gasteiger partial charge in [0.05, 0.1) is 0 Å². The van der Waals surface area contributed by atoms with Crippen molar-refractivity contribution >= 4 is 0 Å². The average molecular weight is 261 g/mol. The molecular weight excluding hydrogens is 238 g/mol. The summed E-state index contributed by atoms with van der Waals surface area (Å²) in [7, 11) is 3.99. The lowest BCUT2D eigenvalue weighted by Gasteiger charge is -2.31. The number of aromatic nitrogens is 1. The molecule has 2 rings (SSSR count). The standard InChI is InChI=1S/C15H23N3O/c1-17(11-15(12-19)5-3-4-6-15)9-13-7-14(8-16)18(2)10-13/h7,10,19H,3-6,9,11-12H2,1-2H3. The van der Waals surface area contributed by atoms with E-state index in [1.165, 1.54) is 12.8 Å². The van der Waals surface area contributed by atoms with Crippen molar-refractivity contribution < 1.29 is 5.11 Å². The fraction of sp³-hybridized carbons (Fsp3) is 0.667. The van der Waals surface area contributed by atoms with Crippen LogP contribution in [-0.2, 0) is 13.6 Å². The van der Waals surface area contributed by atoms with Crippen molar-refractivity contribution in [1.82, 2.24) is 9.47 Å². The lowest BCUT2D eigenvalue weighted by atomic mass is 9.86. The third-order valence-electron chi connectivity index (χ3n) is 4.23. The van der Waals surface area contributed by atoms with Gasteiger partial charge in [-0.2, -0.15) is 5.26 Å². The summed E-state index contributed by atoms with van der Waals surface area (Å²) in [5.74, 6) is 0. The quantitative estimate of drug-likeness (QED) is 0.880. The molecule has 1 saturated carbocycles. The highest BCUT2D eigenvalue weighted by Crippen LogP contribution is 2.38. The first-order chi connectivity index (χ1) is 9.08. The van der Waals surface area contributed by atoms with Gasteiger partial charge in [0.2, 0.25) is 0 Å². The molecule has 0 unspecified atom stereocenters. The van der Waals surface area contributed by atoms with Crippen molar-refractivity contribution in [2.45, 2.75) is 32.2 Å². The number of hydrogen-bond acceptors (Lipinski definition) is 3. The van der Waals surface area contributed by atoms with E-state index in [2.05, 4.69) is 18.0 Å². The summed E-state index contributed by atoms with van der Waals surface area (Å²) in [6.45, 7) is 2.05. The van der Waals surface area contributed by atoms with Gasteiger partial charge in [-0.3, -0.25) is 0 Å². The minimum Gasteiger partial charge on any atom is -0.396 e. The number of aliphatic hydroxyl groups excluding tert-OH is 1. The smallest absolute Gasteiger partial charge is 0.120 e. The molecule has 0 saturated heterocycles. The predicted octanol–water partition coefficient (Wildman–Crippen LogP) is 1.88. The zero-order valence-electron chi connectivity index (χ0n) is 11.9. The Morgan fingerprint density at radius 1 is 1.47 bits per heavy atom. The second-order valence-electron chi connectivity index (χ2n) is 5.99. The van der Waals surface area contributed by atoms with Gasteiger partial charge in [0.25, 0.3) is 0 Å². The molecule has 1 aromatic rings. The molecule has 0 amide bonds. The van der Waals surface area contributed by atoms with Crippen LogP contribution in [0.1, 0.15) is 36.9 Å². The maximum atomic E-state index is 9.64. The molecule has 0 aromatic carbocycles. The molecule has 1 N–H and O–H groups in total. The van der Waals surface area contributed by atoms with E-state index in [0.29, 0.717) is 5.69 Å². The predicted molar refractivity (Wildman–Crippen MR) is 74.4 cm³/mol. The summed E-state index contributed by atoms with van der Waals surface area (Å²) >= 11 is 0. The highest BCUT2D eigenvalue weighted by atomic mass is 16.3. The SMILES string of the molecule is CN(Cc1cc(C#N)n(C)c1)CC1(CO)CCCC1. The van der Waals surface area contributed by atoms with Crippen molar-refractivity contribution in [3.63, 3.8) is 0 Å². The van der Waals surface area contributed by atoms with Crippen molar-refractivity contribution in [1.29, 1.82) is 5.26 Å². The second-order valence-corrected chi connectivity index (χ2v) is 5.99. The number of rotatable bonds is 5. The maximum Gasteiger partial charge on any atom is 0.120 e. The number of aliphatic hydroxyl groups is 1. The van der Waals surface area contributed by atoms with Crippen LogP contribution in [0.2, 0.25) is 0 Å². The molecule has 19 heavy (non-hydrogen) atoms. The summed E-state index contributed by atoms with van der Waals surface area (Å²) in [6.07, 6.45) is 6.74. The second kappa shape index (κ2) is 5.77. The number of hydrogen-bond donors (Lipinski definition) is 1. The van der Waals surface area contributed by atoms with Gasteiger partial charge in [-0.05, 0) is 31.5 Å². The Balaban J connectivity index is 1.97. The average Bonchev–Trinajstić information content (AvgIpc) is 2.96. The van der Waals surface area contributed by atoms with Crippen LogP contribution < -0.4 is 0 Å². The Labute approximate surface area is 115 Å². The highest BCUT2D eigenvalue weighted by Gasteiger charge is 2.34. The van der Waals surface area contributed by atoms with Crippen LogP contribution >= 0.6 is 0 Å². The summed E-state index contributed by atoms with van der Waals surface area (Å²) < 4.78 is 1.86. The number of nitrogens with zero attached hydrogens (tertiary/aromatic N) is 3. The third kappa shape index (κ3) is 3.17. The molecule has 0 atom stereocenters. The largest absolute Gasteiger partial charge is 0.396 e. The van der Waals surface area contributed by atoms with Crippen LogP contribution in [0.25, 0.3) is 0 Å². The topological polar surface area (TPSA) is 52.2 Å². The van der Waals surface area contributed by atoms with E-state index in [-0.39, 0.29) is 12.0 Å². The Hall–Kier alpha value is -1.31. The first-order valence-corrected chi connectivity index (χ1v) is 6.93. The summed E-state index contributed by atoms with van der Waals surface area (Å²) in [5, 5.41) is 18.6. The number of nitriles is 1. The molecule has 104 valence electrons. The molecule has 1 aliphatic carbocycles. The van der Waals surface area contributed by atoms with Gasteiger partial charge in [0.1, 0.15) is 11.8 Å². The van der Waals surface area contributed by atoms with Gasteiger partial charge in [0.15, 0.2) is 0 Å². The van der Waals surface area contributed by atoms with Gasteiger partial charge < -0.3 is 14.6 Å². The minimum absolute atomic E-state index is 0.0988. The van der Waals surface area contributed by atoms with Crippen molar-refractivity contribution in [3.8, 4) is 6.07 Å². The fourth-order valence-corrected chi connectivity index (χ4v) is 3.26. The number of aryl methyl sites for hydroxylation is 1. The van der Waals surface area contributed by atoms with Crippen LogP contribution in [0, 0.1) is 16.7 Å². The zero-order chi connectivity index (χ0) is 13.9. The molecule has 1 heterocycles. The van der Waals surface area contributed by atoms with E-state index in [4.69, 9.17) is 5.26 Å². The van der Waals surface area contributed by atoms with E-state index in [1.807, 2.05) is 23.9 Å². The molecule has 1 aliphatic rings. The summed E-state index contributed by atoms with van der Waals surface area (Å²) in [5.41, 5.74) is 1.95. The van der Waals surface area contributed by atoms with Gasteiger partial charge >= 0.3 is 0 Å². The fourth-order valence-electron chi connectivity index (χ4n) is 3.26. The van der Waals surface area contributed by atoms with Gasteiger partial charge in [-0.15, -0.1) is 0 Å². The molecular formula is C15H23N3O. The molecule has 0 bridgehead atoms. The van der Waals surface area contributed by atoms with Crippen LogP contribution in [0.15, 0.2) is 12.3 Å². The van der Waals surface area contributed by atoms with Crippen molar-refractivity contribution in [2.24, 2.45) is 12.5 Å². The van der Waals surface area contributed by atoms with E-state index in [1.54, 1.807) is 0 Å². The molecule has 0 radical (unpaired) electrons. The van der Waals surface area contributed by atoms with E-state index in [0.717, 1.165) is 31.5 Å². The molecule has 4 nitrogen and oxygen atoms in total. The van der Waals surface area contributed by atoms with Crippen molar-refractivity contribution in [2.75, 3.05) is 20.2 Å². The molecule has 4 heteroatoms. The lowest BCUT2D eigenvalue weighted by Crippen LogP contribution is -2.36. The van der Waals surface area contributed by atoms with Crippen LogP contribution in [0.3, 0.4) is 0 Å². The molecule has 0 spiro atoms. The first kappa shape index (κ1) is 14.1. The molecule has 1 aromatic heterocycles. The van der Waals surface area contributed by atoms with E-state index < -0.39 is 0 Å². The van der Waals surface area contributed by atoms with Crippen molar-refractivity contribution in [3.05, 3.63) is 23.5 Å². The minimum atomic E-state index is 0.0988. The Kier molecular flexibility index (Phi) is 4.28. The Morgan fingerprint density at radius 3 is 2.68 bits per heavy atom. The highest BCUT2D eigenvalue weighted by molar-refractivity contribution is 5.28. The van der Waals surface area contributed by atoms with Crippen LogP contribution in [0.4, 0.5) is 0 Å². The Morgan fingerprint density at radius 2 is 2.16 bits per heavy atom. The lowest BCUT2D eigenvalue weighted by molar-refractivity contribution is 0.0864. The van der Waals surface area contributed by atoms with E-state index in [9.17, 15) is 5.11 Å². The van der Waals surface area contributed by atoms with Gasteiger partial charge in [-0.1, -0.05) is 12.8 Å². The molecule has 0 aliphatic heterocycles. The first-order valence-electron chi connectivity index (χ1n) is 6.93. The van der Waals surface area contributed by atoms with Crippen LogP contribution in [-0.4, -0.2) is 34.8 Å². The summed E-state index contributed by atoms with van der Waals surface area (Å²) in [4.78, 5) is 2.26. The van der Waals surface area contributed by atoms with E-state index >= 15 is 0 Å². The maximum absolute atomic E-state index is 9.64. The van der Waals surface area contributed by atoms with Gasteiger partial charge in [0, 0.05) is 38.4 Å². The van der Waals surface area contributed by atoms with Crippen LogP contribution in [0.5, 0.6) is 0 Å². The zero-order valence-corrected chi connectivity index (χ0v) is 11.9. The Bertz CT molecular complexity index is 466. The monoisotopic (exact) mass is 261 g/mol. The summed E-state index contributed by atoms with van der Waals surface area (Å²) in [6, 6.07) is 4.13. The molecule has 1 fully saturated rings. The normalized spacial score (nSPS) is 17.8.